The summed E-state index contributed by atoms with van der Waals surface area (Å²) < 4.78 is 6.84. The van der Waals surface area contributed by atoms with E-state index in [-0.39, 0.29) is 23.6 Å². The molecule has 0 aromatic carbocycles. The van der Waals surface area contributed by atoms with Crippen LogP contribution < -0.4 is 10.6 Å². The molecule has 0 aliphatic rings. The highest BCUT2D eigenvalue weighted by molar-refractivity contribution is 5.93. The van der Waals surface area contributed by atoms with Gasteiger partial charge in [-0.3, -0.25) is 9.59 Å². The molecule has 3 N–H and O–H groups in total. The smallest absolute Gasteiger partial charge is 0.291 e. The lowest BCUT2D eigenvalue weighted by molar-refractivity contribution is 0.0933. The third-order valence-electron chi connectivity index (χ3n) is 4.59. The fraction of sp³-hybridized carbons (Fsp3) is 0.250. The zero-order valence-corrected chi connectivity index (χ0v) is 16.5. The average molecular weight is 407 g/mol. The molecule has 4 rings (SSSR count). The van der Waals surface area contributed by atoms with Gasteiger partial charge in [0.1, 0.15) is 11.5 Å². The molecule has 4 heterocycles. The fourth-order valence-electron chi connectivity index (χ4n) is 2.89. The summed E-state index contributed by atoms with van der Waals surface area (Å²) in [5.74, 6) is 0.520. The Labute approximate surface area is 171 Å². The number of carbonyl (C=O) groups excluding carboxylic acids is 2. The summed E-state index contributed by atoms with van der Waals surface area (Å²) in [5.41, 5.74) is 2.08. The van der Waals surface area contributed by atoms with Crippen LogP contribution in [0.1, 0.15) is 33.7 Å². The number of nitrogens with one attached hydrogen (secondary N) is 3. The first kappa shape index (κ1) is 19.4. The van der Waals surface area contributed by atoms with Gasteiger partial charge in [-0.2, -0.15) is 4.98 Å². The topological polar surface area (TPSA) is 130 Å². The molecular weight excluding hydrogens is 386 g/mol. The zero-order valence-electron chi connectivity index (χ0n) is 16.5. The summed E-state index contributed by atoms with van der Waals surface area (Å²) >= 11 is 0. The summed E-state index contributed by atoms with van der Waals surface area (Å²) in [6.07, 6.45) is 4.92. The van der Waals surface area contributed by atoms with Gasteiger partial charge in [-0.25, -0.2) is 9.50 Å². The minimum Gasteiger partial charge on any atom is -0.464 e. The van der Waals surface area contributed by atoms with Crippen molar-refractivity contribution < 1.29 is 14.0 Å². The maximum absolute atomic E-state index is 12.3. The first-order chi connectivity index (χ1) is 14.5. The van der Waals surface area contributed by atoms with Crippen molar-refractivity contribution >= 4 is 17.6 Å². The predicted molar refractivity (Wildman–Crippen MR) is 108 cm³/mol. The highest BCUT2D eigenvalue weighted by atomic mass is 16.3. The number of carbonyl (C=O) groups is 2. The van der Waals surface area contributed by atoms with Gasteiger partial charge in [0.05, 0.1) is 6.26 Å². The summed E-state index contributed by atoms with van der Waals surface area (Å²) in [4.78, 5) is 35.8. The van der Waals surface area contributed by atoms with Crippen LogP contribution >= 0.6 is 0 Å². The molecule has 10 nitrogen and oxygen atoms in total. The molecule has 4 aromatic heterocycles. The molecule has 0 spiro atoms. The van der Waals surface area contributed by atoms with Crippen molar-refractivity contribution in [3.05, 3.63) is 60.1 Å². The number of aromatic amines is 1. The maximum Gasteiger partial charge on any atom is 0.291 e. The second kappa shape index (κ2) is 8.19. The van der Waals surface area contributed by atoms with E-state index in [0.29, 0.717) is 30.3 Å². The van der Waals surface area contributed by atoms with Gasteiger partial charge in [0.15, 0.2) is 0 Å². The Balaban J connectivity index is 1.27. The summed E-state index contributed by atoms with van der Waals surface area (Å²) in [5, 5.41) is 9.82. The molecule has 0 aliphatic carbocycles. The quantitative estimate of drug-likeness (QED) is 0.428. The molecule has 0 saturated carbocycles. The van der Waals surface area contributed by atoms with Gasteiger partial charge in [0.2, 0.25) is 5.82 Å². The van der Waals surface area contributed by atoms with Crippen LogP contribution in [0, 0.1) is 12.8 Å². The Bertz CT molecular complexity index is 1180. The van der Waals surface area contributed by atoms with Gasteiger partial charge in [0.25, 0.3) is 17.6 Å². The second-order valence-electron chi connectivity index (χ2n) is 7.04. The van der Waals surface area contributed by atoms with E-state index in [1.165, 1.54) is 4.52 Å². The minimum absolute atomic E-state index is 0.00861. The van der Waals surface area contributed by atoms with E-state index in [1.54, 1.807) is 36.9 Å². The van der Waals surface area contributed by atoms with Crippen molar-refractivity contribution in [1.29, 1.82) is 0 Å². The molecule has 30 heavy (non-hydrogen) atoms. The number of rotatable bonds is 7. The number of aryl methyl sites for hydroxylation is 1. The second-order valence-corrected chi connectivity index (χ2v) is 7.04. The third kappa shape index (κ3) is 4.07. The van der Waals surface area contributed by atoms with E-state index >= 15 is 0 Å². The number of amides is 2. The van der Waals surface area contributed by atoms with Crippen LogP contribution in [0.15, 0.2) is 47.3 Å². The minimum atomic E-state index is -0.384. The number of furan rings is 1. The standard InChI is InChI=1S/C20H21N7O3/c1-12(9-23-18(28)15-8-14(11-22-15)16-4-3-7-30-16)10-24-19(29)17-25-20-21-6-5-13(2)27(20)26-17/h3-8,11-12,22H,9-10H2,1-2H3,(H,23,28)(H,24,29)/t12-/m0/s1. The van der Waals surface area contributed by atoms with E-state index in [2.05, 4.69) is 30.7 Å². The molecule has 0 bridgehead atoms. The van der Waals surface area contributed by atoms with Crippen LogP contribution in [0.25, 0.3) is 17.1 Å². The average Bonchev–Trinajstić information content (AvgIpc) is 3.49. The molecule has 10 heteroatoms. The molecule has 4 aromatic rings. The number of H-pyrrole nitrogens is 1. The Kier molecular flexibility index (Phi) is 5.29. The van der Waals surface area contributed by atoms with E-state index in [9.17, 15) is 9.59 Å². The van der Waals surface area contributed by atoms with Crippen LogP contribution in [0.3, 0.4) is 0 Å². The molecule has 0 saturated heterocycles. The highest BCUT2D eigenvalue weighted by Crippen LogP contribution is 2.20. The van der Waals surface area contributed by atoms with Gasteiger partial charge in [-0.1, -0.05) is 6.92 Å². The Morgan fingerprint density at radius 2 is 2.03 bits per heavy atom. The van der Waals surface area contributed by atoms with Gasteiger partial charge >= 0.3 is 0 Å². The monoisotopic (exact) mass is 407 g/mol. The van der Waals surface area contributed by atoms with Crippen LogP contribution in [0.5, 0.6) is 0 Å². The van der Waals surface area contributed by atoms with Crippen LogP contribution in [-0.2, 0) is 0 Å². The SMILES string of the molecule is Cc1ccnc2nc(C(=O)NC[C@@H](C)CNC(=O)c3cc(-c4ccco4)c[nH]3)nn12. The van der Waals surface area contributed by atoms with Crippen LogP contribution in [-0.4, -0.2) is 49.5 Å². The molecule has 154 valence electrons. The van der Waals surface area contributed by atoms with Crippen LogP contribution in [0.4, 0.5) is 0 Å². The molecular formula is C20H21N7O3. The van der Waals surface area contributed by atoms with E-state index in [4.69, 9.17) is 4.42 Å². The predicted octanol–water partition coefficient (Wildman–Crippen LogP) is 1.82. The fourth-order valence-corrected chi connectivity index (χ4v) is 2.89. The third-order valence-corrected chi connectivity index (χ3v) is 4.59. The van der Waals surface area contributed by atoms with Crippen molar-refractivity contribution in [2.24, 2.45) is 5.92 Å². The first-order valence-electron chi connectivity index (χ1n) is 9.48. The Hall–Kier alpha value is -3.95. The molecule has 0 radical (unpaired) electrons. The normalized spacial score (nSPS) is 12.1. The lowest BCUT2D eigenvalue weighted by atomic mass is 10.1. The van der Waals surface area contributed by atoms with E-state index < -0.39 is 0 Å². The number of hydrogen-bond donors (Lipinski definition) is 3. The Morgan fingerprint density at radius 1 is 1.23 bits per heavy atom. The number of hydrogen-bond acceptors (Lipinski definition) is 6. The van der Waals surface area contributed by atoms with Crippen molar-refractivity contribution in [2.75, 3.05) is 13.1 Å². The molecule has 0 unspecified atom stereocenters. The molecule has 2 amide bonds. The summed E-state index contributed by atoms with van der Waals surface area (Å²) in [7, 11) is 0. The van der Waals surface area contributed by atoms with E-state index in [0.717, 1.165) is 11.3 Å². The number of aromatic nitrogens is 5. The van der Waals surface area contributed by atoms with Gasteiger partial charge in [-0.05, 0) is 37.1 Å². The molecule has 1 atom stereocenters. The molecule has 0 aliphatic heterocycles. The van der Waals surface area contributed by atoms with Crippen molar-refractivity contribution in [3.8, 4) is 11.3 Å². The van der Waals surface area contributed by atoms with Crippen LogP contribution in [0.2, 0.25) is 0 Å². The van der Waals surface area contributed by atoms with Gasteiger partial charge in [0, 0.05) is 36.7 Å². The van der Waals surface area contributed by atoms with Crippen molar-refractivity contribution in [2.45, 2.75) is 13.8 Å². The van der Waals surface area contributed by atoms with E-state index in [1.807, 2.05) is 19.9 Å². The maximum atomic E-state index is 12.3. The van der Waals surface area contributed by atoms with Gasteiger partial charge < -0.3 is 20.0 Å². The number of fused-ring (bicyclic) bond motifs is 1. The van der Waals surface area contributed by atoms with Gasteiger partial charge in [-0.15, -0.1) is 5.10 Å². The largest absolute Gasteiger partial charge is 0.464 e. The lowest BCUT2D eigenvalue weighted by Gasteiger charge is -2.12. The molecule has 0 fully saturated rings. The lowest BCUT2D eigenvalue weighted by Crippen LogP contribution is -2.35. The highest BCUT2D eigenvalue weighted by Gasteiger charge is 2.16. The summed E-state index contributed by atoms with van der Waals surface area (Å²) in [6, 6.07) is 7.13. The first-order valence-corrected chi connectivity index (χ1v) is 9.48. The zero-order chi connectivity index (χ0) is 21.1. The number of nitrogens with zero attached hydrogens (tertiary/aromatic N) is 4. The van der Waals surface area contributed by atoms with Crippen molar-refractivity contribution in [1.82, 2.24) is 35.2 Å². The van der Waals surface area contributed by atoms with Crippen molar-refractivity contribution in [3.63, 3.8) is 0 Å². The Morgan fingerprint density at radius 3 is 2.77 bits per heavy atom. The summed E-state index contributed by atoms with van der Waals surface area (Å²) in [6.45, 7) is 4.54.